The highest BCUT2D eigenvalue weighted by molar-refractivity contribution is 5.92. The van der Waals surface area contributed by atoms with Crippen LogP contribution in [0.3, 0.4) is 0 Å². The summed E-state index contributed by atoms with van der Waals surface area (Å²) in [5, 5.41) is 5.57. The third-order valence-electron chi connectivity index (χ3n) is 4.18. The fourth-order valence-corrected chi connectivity index (χ4v) is 2.87. The molecule has 0 bridgehead atoms. The molecule has 1 heterocycles. The zero-order valence-electron chi connectivity index (χ0n) is 17.0. The minimum absolute atomic E-state index is 0.0178. The van der Waals surface area contributed by atoms with Gasteiger partial charge in [0.25, 0.3) is 0 Å². The predicted octanol–water partition coefficient (Wildman–Crippen LogP) is 3.17. The van der Waals surface area contributed by atoms with E-state index in [1.165, 1.54) is 6.92 Å². The molecule has 1 aliphatic rings. The quantitative estimate of drug-likeness (QED) is 0.777. The standard InChI is InChI=1S/C21H29N3O4/c1-15(25)22-17-8-5-16(6-9-17)7-10-19(26)24-13-11-18(12-14-24)23-20(27)28-21(2,3)4/h5-10,18H,11-14H2,1-4H3,(H,22,25)(H,23,27)/b10-7+. The molecule has 3 amide bonds. The van der Waals surface area contributed by atoms with Gasteiger partial charge < -0.3 is 20.3 Å². The van der Waals surface area contributed by atoms with E-state index in [1.807, 2.05) is 32.9 Å². The molecule has 1 aliphatic heterocycles. The van der Waals surface area contributed by atoms with Crippen LogP contribution in [0.15, 0.2) is 30.3 Å². The highest BCUT2D eigenvalue weighted by Gasteiger charge is 2.24. The molecule has 0 radical (unpaired) electrons. The van der Waals surface area contributed by atoms with E-state index in [1.54, 1.807) is 29.2 Å². The Hall–Kier alpha value is -2.83. The van der Waals surface area contributed by atoms with E-state index in [0.29, 0.717) is 25.9 Å². The maximum Gasteiger partial charge on any atom is 0.407 e. The van der Waals surface area contributed by atoms with E-state index in [2.05, 4.69) is 10.6 Å². The van der Waals surface area contributed by atoms with Gasteiger partial charge in [-0.25, -0.2) is 4.79 Å². The molecular weight excluding hydrogens is 358 g/mol. The number of hydrogen-bond donors (Lipinski definition) is 2. The largest absolute Gasteiger partial charge is 0.444 e. The zero-order valence-corrected chi connectivity index (χ0v) is 17.0. The van der Waals surface area contributed by atoms with Gasteiger partial charge in [0.1, 0.15) is 5.60 Å². The highest BCUT2D eigenvalue weighted by Crippen LogP contribution is 2.14. The number of benzene rings is 1. The predicted molar refractivity (Wildman–Crippen MR) is 109 cm³/mol. The number of likely N-dealkylation sites (tertiary alicyclic amines) is 1. The smallest absolute Gasteiger partial charge is 0.407 e. The molecule has 0 saturated carbocycles. The van der Waals surface area contributed by atoms with E-state index in [9.17, 15) is 14.4 Å². The summed E-state index contributed by atoms with van der Waals surface area (Å²) in [7, 11) is 0. The summed E-state index contributed by atoms with van der Waals surface area (Å²) < 4.78 is 5.27. The summed E-state index contributed by atoms with van der Waals surface area (Å²) in [6, 6.07) is 7.28. The third-order valence-corrected chi connectivity index (χ3v) is 4.18. The van der Waals surface area contributed by atoms with E-state index >= 15 is 0 Å². The van der Waals surface area contributed by atoms with Crippen LogP contribution in [0.2, 0.25) is 0 Å². The van der Waals surface area contributed by atoms with Gasteiger partial charge in [0, 0.05) is 37.8 Å². The Kier molecular flexibility index (Phi) is 7.20. The fourth-order valence-electron chi connectivity index (χ4n) is 2.87. The van der Waals surface area contributed by atoms with Crippen LogP contribution in [0, 0.1) is 0 Å². The Balaban J connectivity index is 1.79. The summed E-state index contributed by atoms with van der Waals surface area (Å²) in [4.78, 5) is 37.0. The van der Waals surface area contributed by atoms with Crippen LogP contribution >= 0.6 is 0 Å². The third kappa shape index (κ3) is 7.42. The molecule has 0 atom stereocenters. The average molecular weight is 387 g/mol. The van der Waals surface area contributed by atoms with Crippen molar-refractivity contribution in [1.82, 2.24) is 10.2 Å². The number of nitrogens with one attached hydrogen (secondary N) is 2. The van der Waals surface area contributed by atoms with Crippen LogP contribution in [-0.4, -0.2) is 47.5 Å². The van der Waals surface area contributed by atoms with Crippen LogP contribution in [-0.2, 0) is 14.3 Å². The second-order valence-corrected chi connectivity index (χ2v) is 7.88. The number of anilines is 1. The monoisotopic (exact) mass is 387 g/mol. The zero-order chi connectivity index (χ0) is 20.7. The van der Waals surface area contributed by atoms with Crippen molar-refractivity contribution in [3.8, 4) is 0 Å². The number of carbonyl (C=O) groups is 3. The summed E-state index contributed by atoms with van der Waals surface area (Å²) in [5.74, 6) is -0.176. The lowest BCUT2D eigenvalue weighted by Gasteiger charge is -2.32. The molecule has 2 N–H and O–H groups in total. The second kappa shape index (κ2) is 9.39. The van der Waals surface area contributed by atoms with Gasteiger partial charge >= 0.3 is 6.09 Å². The molecule has 152 valence electrons. The first-order valence-corrected chi connectivity index (χ1v) is 9.46. The van der Waals surface area contributed by atoms with Crippen molar-refractivity contribution in [3.05, 3.63) is 35.9 Å². The lowest BCUT2D eigenvalue weighted by Crippen LogP contribution is -2.47. The molecule has 0 spiro atoms. The number of rotatable bonds is 4. The first-order chi connectivity index (χ1) is 13.1. The van der Waals surface area contributed by atoms with Gasteiger partial charge in [-0.05, 0) is 57.4 Å². The maximum absolute atomic E-state index is 12.4. The molecule has 1 saturated heterocycles. The first kappa shape index (κ1) is 21.5. The van der Waals surface area contributed by atoms with Gasteiger partial charge in [-0.15, -0.1) is 0 Å². The lowest BCUT2D eigenvalue weighted by molar-refractivity contribution is -0.127. The van der Waals surface area contributed by atoms with Crippen LogP contribution in [0.4, 0.5) is 10.5 Å². The number of amides is 3. The molecule has 2 rings (SSSR count). The molecule has 7 heteroatoms. The van der Waals surface area contributed by atoms with E-state index in [0.717, 1.165) is 11.3 Å². The van der Waals surface area contributed by atoms with Crippen LogP contribution in [0.5, 0.6) is 0 Å². The van der Waals surface area contributed by atoms with Crippen molar-refractivity contribution in [1.29, 1.82) is 0 Å². The minimum atomic E-state index is -0.522. The Morgan fingerprint density at radius 1 is 1.11 bits per heavy atom. The fraction of sp³-hybridized carbons (Fsp3) is 0.476. The molecule has 1 fully saturated rings. The molecule has 1 aromatic rings. The summed E-state index contributed by atoms with van der Waals surface area (Å²) in [6.07, 6.45) is 4.29. The normalized spacial score (nSPS) is 15.4. The van der Waals surface area contributed by atoms with Crippen molar-refractivity contribution < 1.29 is 19.1 Å². The van der Waals surface area contributed by atoms with Gasteiger partial charge in [-0.3, -0.25) is 9.59 Å². The summed E-state index contributed by atoms with van der Waals surface area (Å²) in [6.45, 7) is 8.11. The van der Waals surface area contributed by atoms with Crippen molar-refractivity contribution in [2.75, 3.05) is 18.4 Å². The Morgan fingerprint density at radius 2 is 1.71 bits per heavy atom. The van der Waals surface area contributed by atoms with Crippen molar-refractivity contribution in [3.63, 3.8) is 0 Å². The lowest BCUT2D eigenvalue weighted by atomic mass is 10.1. The number of ether oxygens (including phenoxy) is 1. The number of alkyl carbamates (subject to hydrolysis) is 1. The van der Waals surface area contributed by atoms with Crippen LogP contribution < -0.4 is 10.6 Å². The second-order valence-electron chi connectivity index (χ2n) is 7.88. The van der Waals surface area contributed by atoms with E-state index in [-0.39, 0.29) is 17.9 Å². The van der Waals surface area contributed by atoms with Crippen molar-refractivity contribution in [2.45, 2.75) is 52.2 Å². The molecule has 28 heavy (non-hydrogen) atoms. The van der Waals surface area contributed by atoms with Crippen LogP contribution in [0.1, 0.15) is 46.1 Å². The highest BCUT2D eigenvalue weighted by atomic mass is 16.6. The molecule has 7 nitrogen and oxygen atoms in total. The maximum atomic E-state index is 12.4. The number of carbonyl (C=O) groups excluding carboxylic acids is 3. The molecular formula is C21H29N3O4. The Bertz CT molecular complexity index is 727. The topological polar surface area (TPSA) is 87.7 Å². The Morgan fingerprint density at radius 3 is 2.25 bits per heavy atom. The van der Waals surface area contributed by atoms with Crippen LogP contribution in [0.25, 0.3) is 6.08 Å². The number of hydrogen-bond acceptors (Lipinski definition) is 4. The van der Waals surface area contributed by atoms with E-state index < -0.39 is 11.7 Å². The molecule has 0 aromatic heterocycles. The van der Waals surface area contributed by atoms with Gasteiger partial charge in [0.2, 0.25) is 11.8 Å². The number of nitrogens with zero attached hydrogens (tertiary/aromatic N) is 1. The molecule has 0 aliphatic carbocycles. The van der Waals surface area contributed by atoms with Gasteiger partial charge in [0.05, 0.1) is 0 Å². The SMILES string of the molecule is CC(=O)Nc1ccc(/C=C/C(=O)N2CCC(NC(=O)OC(C)(C)C)CC2)cc1. The molecule has 0 unspecified atom stereocenters. The minimum Gasteiger partial charge on any atom is -0.444 e. The van der Waals surface area contributed by atoms with Gasteiger partial charge in [0.15, 0.2) is 0 Å². The van der Waals surface area contributed by atoms with Gasteiger partial charge in [-0.2, -0.15) is 0 Å². The Labute approximate surface area is 166 Å². The summed E-state index contributed by atoms with van der Waals surface area (Å²) >= 11 is 0. The van der Waals surface area contributed by atoms with Crippen molar-refractivity contribution >= 4 is 29.7 Å². The summed E-state index contributed by atoms with van der Waals surface area (Å²) in [5.41, 5.74) is 1.07. The van der Waals surface area contributed by atoms with E-state index in [4.69, 9.17) is 4.74 Å². The first-order valence-electron chi connectivity index (χ1n) is 9.46. The van der Waals surface area contributed by atoms with Gasteiger partial charge in [-0.1, -0.05) is 12.1 Å². The average Bonchev–Trinajstić information content (AvgIpc) is 2.59. The van der Waals surface area contributed by atoms with Crippen molar-refractivity contribution in [2.24, 2.45) is 0 Å². The molecule has 1 aromatic carbocycles. The number of piperidine rings is 1.